The summed E-state index contributed by atoms with van der Waals surface area (Å²) in [4.78, 5) is 0. The summed E-state index contributed by atoms with van der Waals surface area (Å²) in [6.45, 7) is -1.18. The zero-order chi connectivity index (χ0) is 15.5. The van der Waals surface area contributed by atoms with Gasteiger partial charge in [0.25, 0.3) is 0 Å². The maximum absolute atomic E-state index is 14.2. The van der Waals surface area contributed by atoms with Crippen molar-refractivity contribution in [2.75, 3.05) is 13.2 Å². The Bertz CT molecular complexity index is 264. The summed E-state index contributed by atoms with van der Waals surface area (Å²) in [6, 6.07) is 0. The SMILES string of the molecule is OCC(Cl)CC(Cl)(Cl)C(F)(F)C(Cl)(Cl)CC(Cl)CO. The summed E-state index contributed by atoms with van der Waals surface area (Å²) in [5.41, 5.74) is 0. The summed E-state index contributed by atoms with van der Waals surface area (Å²) in [5.74, 6) is -3.98. The van der Waals surface area contributed by atoms with Crippen molar-refractivity contribution in [2.45, 2.75) is 38.2 Å². The number of halogens is 8. The van der Waals surface area contributed by atoms with Crippen molar-refractivity contribution < 1.29 is 19.0 Å². The smallest absolute Gasteiger partial charge is 0.312 e. The molecule has 0 heterocycles. The number of hydrogen-bond acceptors (Lipinski definition) is 2. The molecule has 0 spiro atoms. The summed E-state index contributed by atoms with van der Waals surface area (Å²) >= 11 is 33.3. The molecule has 2 nitrogen and oxygen atoms in total. The van der Waals surface area contributed by atoms with Gasteiger partial charge in [0.15, 0.2) is 8.67 Å². The van der Waals surface area contributed by atoms with Crippen LogP contribution in [0.4, 0.5) is 8.78 Å². The Morgan fingerprint density at radius 2 is 1.05 bits per heavy atom. The molecule has 0 aliphatic rings. The van der Waals surface area contributed by atoms with Crippen LogP contribution in [0.1, 0.15) is 12.8 Å². The monoisotopic (exact) mass is 400 g/mol. The molecular formula is C9H12Cl6F2O2. The van der Waals surface area contributed by atoms with Crippen LogP contribution in [0.2, 0.25) is 0 Å². The Morgan fingerprint density at radius 1 is 0.789 bits per heavy atom. The zero-order valence-electron chi connectivity index (χ0n) is 9.40. The number of hydrogen-bond donors (Lipinski definition) is 2. The Balaban J connectivity index is 5.10. The predicted octanol–water partition coefficient (Wildman–Crippen LogP) is 3.95. The van der Waals surface area contributed by atoms with E-state index in [2.05, 4.69) is 0 Å². The van der Waals surface area contributed by atoms with Gasteiger partial charge < -0.3 is 10.2 Å². The second kappa shape index (κ2) is 7.68. The lowest BCUT2D eigenvalue weighted by Gasteiger charge is -2.39. The van der Waals surface area contributed by atoms with Crippen molar-refractivity contribution in [3.63, 3.8) is 0 Å². The summed E-state index contributed by atoms with van der Waals surface area (Å²) in [7, 11) is 0. The fourth-order valence-electron chi connectivity index (χ4n) is 1.21. The highest BCUT2D eigenvalue weighted by Gasteiger charge is 2.64. The number of aliphatic hydroxyl groups excluding tert-OH is 2. The van der Waals surface area contributed by atoms with E-state index in [1.165, 1.54) is 0 Å². The molecule has 0 bridgehead atoms. The van der Waals surface area contributed by atoms with E-state index in [9.17, 15) is 8.78 Å². The van der Waals surface area contributed by atoms with Crippen LogP contribution < -0.4 is 0 Å². The molecule has 0 fully saturated rings. The molecule has 19 heavy (non-hydrogen) atoms. The largest absolute Gasteiger partial charge is 0.395 e. The lowest BCUT2D eigenvalue weighted by atomic mass is 10.0. The van der Waals surface area contributed by atoms with Gasteiger partial charge in [0.2, 0.25) is 0 Å². The minimum Gasteiger partial charge on any atom is -0.395 e. The third-order valence-corrected chi connectivity index (χ3v) is 4.42. The van der Waals surface area contributed by atoms with Crippen LogP contribution in [0.5, 0.6) is 0 Å². The average Bonchev–Trinajstić information content (AvgIpc) is 2.26. The molecule has 2 unspecified atom stereocenters. The number of alkyl halides is 8. The molecule has 0 saturated heterocycles. The summed E-state index contributed by atoms with van der Waals surface area (Å²) in [6.07, 6.45) is -1.29. The van der Waals surface area contributed by atoms with Crippen LogP contribution in [0.3, 0.4) is 0 Å². The van der Waals surface area contributed by atoms with E-state index in [1.54, 1.807) is 0 Å². The molecule has 0 aliphatic carbocycles. The first kappa shape index (κ1) is 20.5. The van der Waals surface area contributed by atoms with E-state index in [0.717, 1.165) is 0 Å². The van der Waals surface area contributed by atoms with Gasteiger partial charge in [0.05, 0.1) is 24.0 Å². The first-order valence-electron chi connectivity index (χ1n) is 5.04. The second-order valence-corrected chi connectivity index (χ2v) is 8.15. The van der Waals surface area contributed by atoms with Crippen LogP contribution in [0, 0.1) is 0 Å². The van der Waals surface area contributed by atoms with Crippen LogP contribution in [-0.4, -0.2) is 48.8 Å². The van der Waals surface area contributed by atoms with Crippen molar-refractivity contribution in [3.05, 3.63) is 0 Å². The van der Waals surface area contributed by atoms with E-state index < -0.39 is 51.4 Å². The van der Waals surface area contributed by atoms with Gasteiger partial charge >= 0.3 is 5.92 Å². The maximum Gasteiger partial charge on any atom is 0.312 e. The van der Waals surface area contributed by atoms with E-state index >= 15 is 0 Å². The predicted molar refractivity (Wildman–Crippen MR) is 76.5 cm³/mol. The number of rotatable bonds is 8. The zero-order valence-corrected chi connectivity index (χ0v) is 13.9. The van der Waals surface area contributed by atoms with Gasteiger partial charge in [0.1, 0.15) is 0 Å². The number of aliphatic hydroxyl groups is 2. The van der Waals surface area contributed by atoms with E-state index in [0.29, 0.717) is 0 Å². The molecule has 0 aromatic heterocycles. The molecule has 2 atom stereocenters. The fourth-order valence-corrected chi connectivity index (χ4v) is 3.57. The van der Waals surface area contributed by atoms with E-state index in [1.807, 2.05) is 0 Å². The van der Waals surface area contributed by atoms with Crippen molar-refractivity contribution >= 4 is 69.6 Å². The Kier molecular flexibility index (Phi) is 8.30. The topological polar surface area (TPSA) is 40.5 Å². The lowest BCUT2D eigenvalue weighted by molar-refractivity contribution is -0.0390. The molecule has 0 aromatic rings. The molecule has 2 N–H and O–H groups in total. The molecule has 10 heteroatoms. The third-order valence-electron chi connectivity index (χ3n) is 2.27. The molecule has 0 saturated carbocycles. The highest BCUT2D eigenvalue weighted by Crippen LogP contribution is 2.55. The van der Waals surface area contributed by atoms with Crippen molar-refractivity contribution in [1.29, 1.82) is 0 Å². The van der Waals surface area contributed by atoms with E-state index in [-0.39, 0.29) is 0 Å². The van der Waals surface area contributed by atoms with E-state index in [4.69, 9.17) is 79.8 Å². The summed E-state index contributed by atoms with van der Waals surface area (Å²) < 4.78 is 22.9. The van der Waals surface area contributed by atoms with Gasteiger partial charge in [-0.2, -0.15) is 8.78 Å². The Morgan fingerprint density at radius 3 is 1.26 bits per heavy atom. The first-order chi connectivity index (χ1) is 8.41. The molecule has 0 aliphatic heterocycles. The van der Waals surface area contributed by atoms with Crippen molar-refractivity contribution in [3.8, 4) is 0 Å². The van der Waals surface area contributed by atoms with Crippen LogP contribution >= 0.6 is 69.6 Å². The summed E-state index contributed by atoms with van der Waals surface area (Å²) in [5, 5.41) is 15.3. The van der Waals surface area contributed by atoms with Gasteiger partial charge in [-0.1, -0.05) is 46.4 Å². The van der Waals surface area contributed by atoms with Crippen LogP contribution in [0.15, 0.2) is 0 Å². The minimum absolute atomic E-state index is 0.592. The standard InChI is InChI=1S/C9H12Cl6F2O2/c10-5(3-18)1-7(12,13)9(16,17)8(14,15)2-6(11)4-19/h5-6,18-19H,1-4H2. The third kappa shape index (κ3) is 5.33. The molecule has 0 amide bonds. The average molecular weight is 403 g/mol. The first-order valence-corrected chi connectivity index (χ1v) is 7.43. The highest BCUT2D eigenvalue weighted by atomic mass is 35.5. The normalized spacial score (nSPS) is 17.4. The molecule has 0 aromatic carbocycles. The van der Waals surface area contributed by atoms with Crippen molar-refractivity contribution in [1.82, 2.24) is 0 Å². The fraction of sp³-hybridized carbons (Fsp3) is 1.00. The molecule has 0 radical (unpaired) electrons. The minimum atomic E-state index is -3.98. The van der Waals surface area contributed by atoms with Crippen LogP contribution in [0.25, 0.3) is 0 Å². The van der Waals surface area contributed by atoms with Gasteiger partial charge in [-0.05, 0) is 0 Å². The lowest BCUT2D eigenvalue weighted by Crippen LogP contribution is -2.53. The Labute approximate surface area is 139 Å². The van der Waals surface area contributed by atoms with Crippen molar-refractivity contribution in [2.24, 2.45) is 0 Å². The van der Waals surface area contributed by atoms with Crippen LogP contribution in [-0.2, 0) is 0 Å². The molecular weight excluding hydrogens is 391 g/mol. The highest BCUT2D eigenvalue weighted by molar-refractivity contribution is 6.54. The molecule has 116 valence electrons. The quantitative estimate of drug-likeness (QED) is 0.603. The Hall–Kier alpha value is 1.52. The van der Waals surface area contributed by atoms with Gasteiger partial charge in [-0.3, -0.25) is 0 Å². The second-order valence-electron chi connectivity index (χ2n) is 3.95. The van der Waals surface area contributed by atoms with Gasteiger partial charge in [-0.25, -0.2) is 0 Å². The molecule has 0 rings (SSSR count). The van der Waals surface area contributed by atoms with Gasteiger partial charge in [0, 0.05) is 12.8 Å². The maximum atomic E-state index is 14.2. The van der Waals surface area contributed by atoms with Gasteiger partial charge in [-0.15, -0.1) is 23.2 Å².